The minimum Gasteiger partial charge on any atom is -0.324 e. The van der Waals surface area contributed by atoms with Crippen LogP contribution in [0.15, 0.2) is 60.7 Å². The first-order valence-corrected chi connectivity index (χ1v) is 10.6. The van der Waals surface area contributed by atoms with Gasteiger partial charge >= 0.3 is 0 Å². The van der Waals surface area contributed by atoms with Crippen LogP contribution >= 0.6 is 11.6 Å². The van der Waals surface area contributed by atoms with E-state index in [1.807, 2.05) is 74.5 Å². The Morgan fingerprint density at radius 2 is 1.71 bits per heavy atom. The average Bonchev–Trinajstić information content (AvgIpc) is 3.06. The zero-order chi connectivity index (χ0) is 21.5. The van der Waals surface area contributed by atoms with Crippen LogP contribution in [0.25, 0.3) is 33.1 Å². The molecule has 0 saturated heterocycles. The number of nitrogens with zero attached hydrogens (tertiary/aromatic N) is 3. The zero-order valence-electron chi connectivity index (χ0n) is 17.3. The molecule has 0 bridgehead atoms. The van der Waals surface area contributed by atoms with Gasteiger partial charge in [-0.3, -0.25) is 4.79 Å². The van der Waals surface area contributed by atoms with Crippen LogP contribution in [0.3, 0.4) is 0 Å². The molecule has 0 spiro atoms. The van der Waals surface area contributed by atoms with Crippen molar-refractivity contribution in [1.29, 1.82) is 0 Å². The number of amides is 1. The maximum Gasteiger partial charge on any atom is 0.226 e. The van der Waals surface area contributed by atoms with Crippen molar-refractivity contribution in [3.63, 3.8) is 0 Å². The van der Waals surface area contributed by atoms with Crippen molar-refractivity contribution in [1.82, 2.24) is 14.5 Å². The highest BCUT2D eigenvalue weighted by atomic mass is 35.5. The largest absolute Gasteiger partial charge is 0.324 e. The summed E-state index contributed by atoms with van der Waals surface area (Å²) in [6.07, 6.45) is 0.298. The Morgan fingerprint density at radius 3 is 2.48 bits per heavy atom. The molecule has 0 aliphatic rings. The van der Waals surface area contributed by atoms with Gasteiger partial charge in [0.15, 0.2) is 5.65 Å². The van der Waals surface area contributed by atoms with Gasteiger partial charge in [0.25, 0.3) is 0 Å². The fourth-order valence-electron chi connectivity index (χ4n) is 4.10. The highest BCUT2D eigenvalue weighted by molar-refractivity contribution is 6.34. The molecule has 2 aromatic heterocycles. The first-order chi connectivity index (χ1) is 15.0. The van der Waals surface area contributed by atoms with Gasteiger partial charge in [-0.2, -0.15) is 0 Å². The van der Waals surface area contributed by atoms with Crippen LogP contribution in [-0.2, 0) is 11.3 Å². The fourth-order valence-corrected chi connectivity index (χ4v) is 4.47. The Labute approximate surface area is 184 Å². The fraction of sp³-hybridized carbons (Fsp3) is 0.160. The Balaban J connectivity index is 1.50. The first kappa shape index (κ1) is 19.5. The second-order valence-corrected chi connectivity index (χ2v) is 8.20. The van der Waals surface area contributed by atoms with Crippen LogP contribution in [0.1, 0.15) is 17.5 Å². The van der Waals surface area contributed by atoms with Gasteiger partial charge in [0, 0.05) is 18.4 Å². The van der Waals surface area contributed by atoms with Crippen molar-refractivity contribution in [2.24, 2.45) is 0 Å². The molecular formula is C25H21ClN4O. The van der Waals surface area contributed by atoms with Gasteiger partial charge in [0.1, 0.15) is 5.52 Å². The molecule has 0 aliphatic heterocycles. The number of nitrogens with one attached hydrogen (secondary N) is 1. The van der Waals surface area contributed by atoms with Crippen LogP contribution in [0.4, 0.5) is 5.69 Å². The van der Waals surface area contributed by atoms with Gasteiger partial charge < -0.3 is 9.88 Å². The Bertz CT molecular complexity index is 1450. The third-order valence-corrected chi connectivity index (χ3v) is 5.81. The molecule has 0 radical (unpaired) electrons. The van der Waals surface area contributed by atoms with Crippen LogP contribution in [0.5, 0.6) is 0 Å². The molecule has 3 aromatic carbocycles. The number of hydrogen-bond acceptors (Lipinski definition) is 3. The Kier molecular flexibility index (Phi) is 4.83. The van der Waals surface area contributed by atoms with Crippen LogP contribution < -0.4 is 5.32 Å². The van der Waals surface area contributed by atoms with Crippen molar-refractivity contribution >= 4 is 56.3 Å². The van der Waals surface area contributed by atoms with Gasteiger partial charge in [-0.1, -0.05) is 48.0 Å². The average molecular weight is 429 g/mol. The molecule has 6 heteroatoms. The van der Waals surface area contributed by atoms with E-state index in [-0.39, 0.29) is 5.91 Å². The summed E-state index contributed by atoms with van der Waals surface area (Å²) in [6, 6.07) is 19.8. The number of carbonyl (C=O) groups excluding carboxylic acids is 1. The second kappa shape index (κ2) is 7.67. The van der Waals surface area contributed by atoms with E-state index in [0.29, 0.717) is 23.7 Å². The van der Waals surface area contributed by atoms with Gasteiger partial charge in [-0.05, 0) is 49.2 Å². The number of para-hydroxylation sites is 3. The molecule has 0 saturated carbocycles. The number of fused-ring (bicyclic) bond motifs is 4. The van der Waals surface area contributed by atoms with E-state index < -0.39 is 0 Å². The molecule has 0 fully saturated rings. The van der Waals surface area contributed by atoms with Gasteiger partial charge in [0.05, 0.1) is 27.3 Å². The molecule has 5 nitrogen and oxygen atoms in total. The number of rotatable bonds is 4. The molecule has 0 aliphatic carbocycles. The van der Waals surface area contributed by atoms with Crippen molar-refractivity contribution < 1.29 is 4.79 Å². The molecular weight excluding hydrogens is 408 g/mol. The van der Waals surface area contributed by atoms with E-state index >= 15 is 0 Å². The molecule has 2 heterocycles. The summed E-state index contributed by atoms with van der Waals surface area (Å²) in [6.45, 7) is 4.42. The third kappa shape index (κ3) is 3.51. The summed E-state index contributed by atoms with van der Waals surface area (Å²) in [5.74, 6) is -0.0893. The lowest BCUT2D eigenvalue weighted by atomic mass is 10.1. The normalized spacial score (nSPS) is 11.5. The summed E-state index contributed by atoms with van der Waals surface area (Å²) >= 11 is 6.35. The van der Waals surface area contributed by atoms with Crippen molar-refractivity contribution in [2.75, 3.05) is 5.32 Å². The van der Waals surface area contributed by atoms with Crippen molar-refractivity contribution in [3.05, 3.63) is 76.8 Å². The number of aryl methyl sites for hydroxylation is 3. The van der Waals surface area contributed by atoms with Gasteiger partial charge in [0.2, 0.25) is 5.91 Å². The number of benzene rings is 3. The zero-order valence-corrected chi connectivity index (χ0v) is 18.1. The second-order valence-electron chi connectivity index (χ2n) is 7.79. The third-order valence-electron chi connectivity index (χ3n) is 5.52. The predicted octanol–water partition coefficient (Wildman–Crippen LogP) is 6.04. The molecule has 31 heavy (non-hydrogen) atoms. The lowest BCUT2D eigenvalue weighted by Gasteiger charge is -2.12. The summed E-state index contributed by atoms with van der Waals surface area (Å²) in [5.41, 5.74) is 7.05. The molecule has 5 rings (SSSR count). The lowest BCUT2D eigenvalue weighted by molar-refractivity contribution is -0.116. The monoisotopic (exact) mass is 428 g/mol. The molecule has 154 valence electrons. The van der Waals surface area contributed by atoms with E-state index in [2.05, 4.69) is 9.88 Å². The van der Waals surface area contributed by atoms with Crippen LogP contribution in [-0.4, -0.2) is 20.4 Å². The van der Waals surface area contributed by atoms with Gasteiger partial charge in [-0.15, -0.1) is 0 Å². The summed E-state index contributed by atoms with van der Waals surface area (Å²) in [7, 11) is 0. The molecule has 0 unspecified atom stereocenters. The topological polar surface area (TPSA) is 59.8 Å². The van der Waals surface area contributed by atoms with Crippen molar-refractivity contribution in [2.45, 2.75) is 26.8 Å². The Morgan fingerprint density at radius 1 is 1.00 bits per heavy atom. The smallest absolute Gasteiger partial charge is 0.226 e. The number of halogens is 1. The number of aromatic nitrogens is 3. The van der Waals surface area contributed by atoms with Gasteiger partial charge in [-0.25, -0.2) is 9.97 Å². The maximum absolute atomic E-state index is 12.8. The summed E-state index contributed by atoms with van der Waals surface area (Å²) in [4.78, 5) is 22.5. The van der Waals surface area contributed by atoms with E-state index in [4.69, 9.17) is 21.6 Å². The SMILES string of the molecule is Cc1cc(C)c(NC(=O)CCn2c3ccccc3c3nc4ccccc4nc32)c(Cl)c1. The summed E-state index contributed by atoms with van der Waals surface area (Å²) < 4.78 is 2.08. The molecule has 5 aromatic rings. The summed E-state index contributed by atoms with van der Waals surface area (Å²) in [5, 5.41) is 4.56. The number of hydrogen-bond donors (Lipinski definition) is 1. The minimum atomic E-state index is -0.0893. The highest BCUT2D eigenvalue weighted by Crippen LogP contribution is 2.29. The van der Waals surface area contributed by atoms with E-state index in [1.54, 1.807) is 0 Å². The molecule has 1 amide bonds. The Hall–Kier alpha value is -3.44. The van der Waals surface area contributed by atoms with Crippen LogP contribution in [0.2, 0.25) is 5.02 Å². The predicted molar refractivity (Wildman–Crippen MR) is 127 cm³/mol. The van der Waals surface area contributed by atoms with E-state index in [9.17, 15) is 4.79 Å². The molecule has 0 atom stereocenters. The van der Waals surface area contributed by atoms with Crippen molar-refractivity contribution in [3.8, 4) is 0 Å². The minimum absolute atomic E-state index is 0.0893. The van der Waals surface area contributed by atoms with E-state index in [1.165, 1.54) is 0 Å². The number of carbonyl (C=O) groups is 1. The van der Waals surface area contributed by atoms with E-state index in [0.717, 1.165) is 44.2 Å². The standard InChI is InChI=1S/C25H21ClN4O/c1-15-13-16(2)23(18(26)14-15)29-22(31)11-12-30-21-10-6-3-7-17(21)24-25(30)28-20-9-5-4-8-19(20)27-24/h3-10,13-14H,11-12H2,1-2H3,(H,29,31). The maximum atomic E-state index is 12.8. The molecule has 1 N–H and O–H groups in total. The number of anilines is 1. The lowest BCUT2D eigenvalue weighted by Crippen LogP contribution is -2.15. The quantitative estimate of drug-likeness (QED) is 0.379. The van der Waals surface area contributed by atoms with Crippen LogP contribution in [0, 0.1) is 13.8 Å². The first-order valence-electron chi connectivity index (χ1n) is 10.2. The highest BCUT2D eigenvalue weighted by Gasteiger charge is 2.16.